The fraction of sp³-hybridized carbons (Fsp3) is 0.280. The Morgan fingerprint density at radius 3 is 2.52 bits per heavy atom. The molecule has 0 spiro atoms. The smallest absolute Gasteiger partial charge is 0.169 e. The first kappa shape index (κ1) is 21.5. The Morgan fingerprint density at radius 2 is 1.82 bits per heavy atom. The third-order valence-corrected chi connectivity index (χ3v) is 6.46. The van der Waals surface area contributed by atoms with Crippen molar-refractivity contribution in [1.29, 1.82) is 0 Å². The van der Waals surface area contributed by atoms with Crippen molar-refractivity contribution in [2.75, 3.05) is 14.2 Å². The molecule has 4 aromatic rings. The zero-order valence-corrected chi connectivity index (χ0v) is 19.4. The molecule has 170 valence electrons. The molecule has 6 nitrogen and oxygen atoms in total. The minimum absolute atomic E-state index is 0.258. The molecule has 33 heavy (non-hydrogen) atoms. The molecule has 2 aromatic heterocycles. The lowest BCUT2D eigenvalue weighted by atomic mass is 9.98. The third-order valence-electron chi connectivity index (χ3n) is 6.06. The topological polar surface area (TPSA) is 52.7 Å². The fourth-order valence-electron chi connectivity index (χ4n) is 4.49. The van der Waals surface area contributed by atoms with E-state index in [4.69, 9.17) is 26.8 Å². The van der Waals surface area contributed by atoms with Gasteiger partial charge >= 0.3 is 0 Å². The lowest BCUT2D eigenvalue weighted by Gasteiger charge is -2.10. The van der Waals surface area contributed by atoms with Crippen LogP contribution in [0, 0.1) is 5.82 Å². The van der Waals surface area contributed by atoms with Crippen molar-refractivity contribution in [2.24, 2.45) is 0 Å². The number of hydrogen-bond acceptors (Lipinski definition) is 4. The van der Waals surface area contributed by atoms with Crippen LogP contribution in [0.4, 0.5) is 4.39 Å². The van der Waals surface area contributed by atoms with E-state index in [2.05, 4.69) is 9.88 Å². The SMILES string of the molecule is CNC(=S)c1c(-c2ccc(F)cc2)c2c3n(c(COc4ccc(OC)cc4)nn13)CCCC2. The quantitative estimate of drug-likeness (QED) is 0.417. The summed E-state index contributed by atoms with van der Waals surface area (Å²) < 4.78 is 29.1. The first-order valence-corrected chi connectivity index (χ1v) is 11.4. The van der Waals surface area contributed by atoms with E-state index in [0.29, 0.717) is 11.6 Å². The number of ether oxygens (including phenoxy) is 2. The molecule has 5 rings (SSSR count). The molecule has 0 radical (unpaired) electrons. The maximum atomic E-state index is 13.6. The van der Waals surface area contributed by atoms with Crippen LogP contribution >= 0.6 is 12.2 Å². The van der Waals surface area contributed by atoms with Gasteiger partial charge in [-0.25, -0.2) is 8.91 Å². The Kier molecular flexibility index (Phi) is 5.76. The van der Waals surface area contributed by atoms with E-state index in [0.717, 1.165) is 65.6 Å². The van der Waals surface area contributed by atoms with Crippen molar-refractivity contribution in [3.63, 3.8) is 0 Å². The van der Waals surface area contributed by atoms with E-state index in [1.165, 1.54) is 17.7 Å². The number of halogens is 1. The number of hydrogen-bond donors (Lipinski definition) is 1. The summed E-state index contributed by atoms with van der Waals surface area (Å²) in [5, 5.41) is 8.05. The fourth-order valence-corrected chi connectivity index (χ4v) is 4.67. The Balaban J connectivity index is 1.61. The second kappa shape index (κ2) is 8.86. The summed E-state index contributed by atoms with van der Waals surface area (Å²) in [6.07, 6.45) is 3.01. The number of nitrogens with zero attached hydrogens (tertiary/aromatic N) is 3. The predicted molar refractivity (Wildman–Crippen MR) is 130 cm³/mol. The van der Waals surface area contributed by atoms with Gasteiger partial charge in [-0.2, -0.15) is 0 Å². The highest BCUT2D eigenvalue weighted by Gasteiger charge is 2.28. The first-order valence-electron chi connectivity index (χ1n) is 11.0. The van der Waals surface area contributed by atoms with Crippen molar-refractivity contribution in [3.8, 4) is 22.6 Å². The molecular weight excluding hydrogens is 439 g/mol. The summed E-state index contributed by atoms with van der Waals surface area (Å²) in [6.45, 7) is 1.20. The van der Waals surface area contributed by atoms with Crippen LogP contribution in [0.15, 0.2) is 48.5 Å². The number of aryl methyl sites for hydroxylation is 2. The summed E-state index contributed by atoms with van der Waals surface area (Å²) >= 11 is 5.70. The number of aromatic nitrogens is 3. The van der Waals surface area contributed by atoms with Crippen LogP contribution in [-0.4, -0.2) is 33.3 Å². The van der Waals surface area contributed by atoms with Gasteiger partial charge in [0.05, 0.1) is 7.11 Å². The zero-order valence-electron chi connectivity index (χ0n) is 18.6. The lowest BCUT2D eigenvalue weighted by Crippen LogP contribution is -2.20. The summed E-state index contributed by atoms with van der Waals surface area (Å²) in [5.41, 5.74) is 5.02. The molecule has 2 aromatic carbocycles. The third kappa shape index (κ3) is 3.84. The van der Waals surface area contributed by atoms with Crippen LogP contribution in [0.1, 0.15) is 29.9 Å². The molecule has 0 unspecified atom stereocenters. The molecule has 0 atom stereocenters. The molecule has 1 aliphatic rings. The summed E-state index contributed by atoms with van der Waals surface area (Å²) in [5.74, 6) is 2.12. The summed E-state index contributed by atoms with van der Waals surface area (Å²) in [6, 6.07) is 14.1. The van der Waals surface area contributed by atoms with Gasteiger partial charge in [0.1, 0.15) is 40.3 Å². The number of thiocarbonyl (C=S) groups is 1. The second-order valence-electron chi connectivity index (χ2n) is 8.01. The van der Waals surface area contributed by atoms with Crippen molar-refractivity contribution in [2.45, 2.75) is 32.4 Å². The standard InChI is InChI=1S/C25H25FN4O2S/c1-27-24(33)23-22(16-6-8-17(26)9-7-16)20-5-3-4-14-29-21(28-30(23)25(20)29)15-32-19-12-10-18(31-2)11-13-19/h6-13H,3-5,14-15H2,1-2H3,(H,27,33). The highest BCUT2D eigenvalue weighted by atomic mass is 32.1. The van der Waals surface area contributed by atoms with Gasteiger partial charge in [0.2, 0.25) is 0 Å². The average molecular weight is 465 g/mol. The molecule has 8 heteroatoms. The van der Waals surface area contributed by atoms with Gasteiger partial charge in [0.15, 0.2) is 5.82 Å². The van der Waals surface area contributed by atoms with Crippen molar-refractivity contribution >= 4 is 22.9 Å². The Bertz CT molecular complexity index is 1310. The van der Waals surface area contributed by atoms with Crippen LogP contribution in [0.5, 0.6) is 11.5 Å². The summed E-state index contributed by atoms with van der Waals surface area (Å²) in [7, 11) is 3.45. The Labute approximate surface area is 196 Å². The van der Waals surface area contributed by atoms with Gasteiger partial charge < -0.3 is 19.4 Å². The molecule has 1 aliphatic heterocycles. The van der Waals surface area contributed by atoms with Crippen molar-refractivity contribution in [3.05, 3.63) is 71.4 Å². The molecule has 3 heterocycles. The van der Waals surface area contributed by atoms with Crippen molar-refractivity contribution in [1.82, 2.24) is 19.5 Å². The predicted octanol–water partition coefficient (Wildman–Crippen LogP) is 4.76. The molecule has 0 amide bonds. The van der Waals surface area contributed by atoms with Gasteiger partial charge in [0, 0.05) is 24.7 Å². The van der Waals surface area contributed by atoms with Crippen LogP contribution in [-0.2, 0) is 19.6 Å². The first-order chi connectivity index (χ1) is 16.1. The van der Waals surface area contributed by atoms with Gasteiger partial charge in [-0.1, -0.05) is 24.4 Å². The Morgan fingerprint density at radius 1 is 1.09 bits per heavy atom. The zero-order chi connectivity index (χ0) is 22.9. The minimum atomic E-state index is -0.258. The normalized spacial score (nSPS) is 13.1. The van der Waals surface area contributed by atoms with E-state index in [9.17, 15) is 4.39 Å². The minimum Gasteiger partial charge on any atom is -0.497 e. The van der Waals surface area contributed by atoms with Gasteiger partial charge in [-0.3, -0.25) is 0 Å². The number of rotatable bonds is 6. The van der Waals surface area contributed by atoms with Crippen molar-refractivity contribution < 1.29 is 13.9 Å². The lowest BCUT2D eigenvalue weighted by molar-refractivity contribution is 0.288. The van der Waals surface area contributed by atoms with E-state index in [-0.39, 0.29) is 5.82 Å². The second-order valence-corrected chi connectivity index (χ2v) is 8.42. The Hall–Kier alpha value is -3.39. The molecule has 0 saturated heterocycles. The highest BCUT2D eigenvalue weighted by Crippen LogP contribution is 2.37. The van der Waals surface area contributed by atoms with Gasteiger partial charge in [0.25, 0.3) is 0 Å². The molecule has 1 N–H and O–H groups in total. The van der Waals surface area contributed by atoms with E-state index >= 15 is 0 Å². The maximum absolute atomic E-state index is 13.6. The van der Waals surface area contributed by atoms with Gasteiger partial charge in [-0.05, 0) is 61.2 Å². The van der Waals surface area contributed by atoms with Gasteiger partial charge in [-0.15, -0.1) is 5.10 Å². The van der Waals surface area contributed by atoms with Crippen LogP contribution in [0.25, 0.3) is 16.8 Å². The molecule has 0 saturated carbocycles. The molecular formula is C25H25FN4O2S. The molecule has 0 aliphatic carbocycles. The van der Waals surface area contributed by atoms with Crippen LogP contribution in [0.3, 0.4) is 0 Å². The monoisotopic (exact) mass is 464 g/mol. The highest BCUT2D eigenvalue weighted by molar-refractivity contribution is 7.80. The van der Waals surface area contributed by atoms with Crippen LogP contribution in [0.2, 0.25) is 0 Å². The largest absolute Gasteiger partial charge is 0.497 e. The number of benzene rings is 2. The molecule has 0 bridgehead atoms. The van der Waals surface area contributed by atoms with E-state index in [1.54, 1.807) is 7.11 Å². The number of nitrogens with one attached hydrogen (secondary N) is 1. The summed E-state index contributed by atoms with van der Waals surface area (Å²) in [4.78, 5) is 0.600. The average Bonchev–Trinajstić information content (AvgIpc) is 3.24. The van der Waals surface area contributed by atoms with E-state index < -0.39 is 0 Å². The molecule has 0 fully saturated rings. The van der Waals surface area contributed by atoms with E-state index in [1.807, 2.05) is 48.0 Å². The van der Waals surface area contributed by atoms with Crippen LogP contribution < -0.4 is 14.8 Å². The maximum Gasteiger partial charge on any atom is 0.169 e. The number of methoxy groups -OCH3 is 1.